The lowest BCUT2D eigenvalue weighted by Crippen LogP contribution is -2.59. The average Bonchev–Trinajstić information content (AvgIpc) is 2.24. The Balaban J connectivity index is 1.11. The molecule has 430 valence electrons. The smallest absolute Gasteiger partial charge is 0.421 e. The van der Waals surface area contributed by atoms with E-state index >= 15 is 19.2 Å². The molecule has 6 aromatic rings. The number of cyclic esters (lactones) is 1. The SMILES string of the molecule is COC(=O)C(CC#Cc1ccc2c(c1)[C@]1(C(=O)N2C(=O)OCc2ccc([N+](=O)[O-])cc2)[C@H](c2ccc(OCCO)cc2)N2[C@H](c3ccccc3)[C@H](c3ccccc3)OC(=O)[C@H]2[C@@H]1C(=O)N1CCN(Cc2ccc3c(c2)OCO3)CC1)C(=O)OC. The Kier molecular flexibility index (Phi) is 16.1. The number of nitro groups is 1. The number of methoxy groups -OCH3 is 2. The standard InChI is InChI=1S/C63H57N5O16/c1-78-58(71)47(59(72)79-2)15-9-10-39-18-26-49-48(34-39)63(61(74)66(49)62(75)81-37-40-16-22-45(23-17-40)68(76)77)52(57(70)65-30-28-64(29-31-65)36-41-19-27-50-51(35-41)83-38-82-50)54-60(73)84-55(43-13-7-4-8-14-43)53(42-11-5-3-6-12-42)67(54)56(63)44-20-24-46(25-21-44)80-33-32-69/h3-8,11-14,16-27,34-35,47,52-56,69H,15,28-33,36-38H2,1-2H3/t52-,53-,54-,55+,56+,63-/m1/s1. The molecule has 0 bridgehead atoms. The second-order valence-corrected chi connectivity index (χ2v) is 20.7. The maximum atomic E-state index is 16.9. The second-order valence-electron chi connectivity index (χ2n) is 20.7. The van der Waals surface area contributed by atoms with E-state index in [1.807, 2.05) is 83.8 Å². The van der Waals surface area contributed by atoms with Gasteiger partial charge >= 0.3 is 24.0 Å². The fraction of sp³-hybridized carbons (Fsp3) is 0.302. The highest BCUT2D eigenvalue weighted by molar-refractivity contribution is 6.23. The van der Waals surface area contributed by atoms with Crippen LogP contribution in [0.4, 0.5) is 16.2 Å². The van der Waals surface area contributed by atoms with Gasteiger partial charge in [0.1, 0.15) is 36.5 Å². The number of ether oxygens (including phenoxy) is 7. The van der Waals surface area contributed by atoms with Crippen LogP contribution in [-0.2, 0) is 61.5 Å². The predicted octanol–water partition coefficient (Wildman–Crippen LogP) is 6.75. The fourth-order valence-corrected chi connectivity index (χ4v) is 12.2. The van der Waals surface area contributed by atoms with Crippen LogP contribution in [0.2, 0.25) is 0 Å². The number of esters is 3. The molecule has 1 N–H and O–H groups in total. The highest BCUT2D eigenvalue weighted by Crippen LogP contribution is 2.66. The second kappa shape index (κ2) is 24.1. The van der Waals surface area contributed by atoms with E-state index in [1.54, 1.807) is 35.2 Å². The normalized spacial score (nSPS) is 21.5. The molecular weight excluding hydrogens is 1080 g/mol. The zero-order valence-electron chi connectivity index (χ0n) is 45.7. The van der Waals surface area contributed by atoms with Crippen molar-refractivity contribution < 1.29 is 72.0 Å². The van der Waals surface area contributed by atoms with Crippen LogP contribution in [0, 0.1) is 33.8 Å². The fourth-order valence-electron chi connectivity index (χ4n) is 12.2. The Bertz CT molecular complexity index is 3550. The first-order valence-electron chi connectivity index (χ1n) is 27.2. The van der Waals surface area contributed by atoms with Gasteiger partial charge in [-0.3, -0.25) is 43.9 Å². The average molecular weight is 1140 g/mol. The molecule has 0 saturated carbocycles. The molecule has 0 unspecified atom stereocenters. The minimum Gasteiger partial charge on any atom is -0.491 e. The molecule has 0 radical (unpaired) electrons. The van der Waals surface area contributed by atoms with Gasteiger partial charge in [-0.15, -0.1) is 0 Å². The number of carbonyl (C=O) groups is 6. The number of non-ortho nitro benzene ring substituents is 1. The van der Waals surface area contributed by atoms with Crippen LogP contribution in [0.25, 0.3) is 0 Å². The molecule has 21 nitrogen and oxygen atoms in total. The summed E-state index contributed by atoms with van der Waals surface area (Å²) in [5, 5.41) is 21.3. The van der Waals surface area contributed by atoms with Crippen LogP contribution in [0.3, 0.4) is 0 Å². The summed E-state index contributed by atoms with van der Waals surface area (Å²) in [4.78, 5) is 108. The highest BCUT2D eigenvalue weighted by atomic mass is 16.7. The minimum atomic E-state index is -2.23. The molecule has 6 atom stereocenters. The summed E-state index contributed by atoms with van der Waals surface area (Å²) in [5.74, 6) is 0.482. The third-order valence-corrected chi connectivity index (χ3v) is 16.0. The van der Waals surface area contributed by atoms with Gasteiger partial charge in [-0.25, -0.2) is 9.69 Å². The lowest BCUT2D eigenvalue weighted by molar-refractivity contribution is -0.384. The number of fused-ring (bicyclic) bond motifs is 4. The van der Waals surface area contributed by atoms with Crippen molar-refractivity contribution in [2.75, 3.05) is 65.3 Å². The van der Waals surface area contributed by atoms with E-state index in [9.17, 15) is 24.8 Å². The number of piperazine rings is 1. The third kappa shape index (κ3) is 10.5. The van der Waals surface area contributed by atoms with Gasteiger partial charge < -0.3 is 43.2 Å². The molecule has 3 amide bonds. The van der Waals surface area contributed by atoms with Gasteiger partial charge in [-0.1, -0.05) is 90.7 Å². The Morgan fingerprint density at radius 3 is 2.10 bits per heavy atom. The largest absolute Gasteiger partial charge is 0.491 e. The number of carbonyl (C=O) groups excluding carboxylic acids is 6. The maximum Gasteiger partial charge on any atom is 0.421 e. The summed E-state index contributed by atoms with van der Waals surface area (Å²) >= 11 is 0. The van der Waals surface area contributed by atoms with Crippen LogP contribution in [0.15, 0.2) is 146 Å². The monoisotopic (exact) mass is 1140 g/mol. The lowest BCUT2D eigenvalue weighted by atomic mass is 9.64. The molecule has 84 heavy (non-hydrogen) atoms. The van der Waals surface area contributed by atoms with Gasteiger partial charge in [-0.05, 0) is 88.0 Å². The number of anilines is 1. The van der Waals surface area contributed by atoms with Gasteiger partial charge in [0.2, 0.25) is 18.6 Å². The van der Waals surface area contributed by atoms with Crippen LogP contribution in [0.5, 0.6) is 17.2 Å². The van der Waals surface area contributed by atoms with Gasteiger partial charge in [0.15, 0.2) is 17.4 Å². The molecule has 0 aliphatic carbocycles. The molecule has 5 heterocycles. The van der Waals surface area contributed by atoms with E-state index in [2.05, 4.69) is 16.7 Å². The van der Waals surface area contributed by atoms with Crippen molar-refractivity contribution in [1.82, 2.24) is 14.7 Å². The maximum absolute atomic E-state index is 16.9. The molecule has 3 saturated heterocycles. The van der Waals surface area contributed by atoms with Crippen molar-refractivity contribution in [1.29, 1.82) is 0 Å². The summed E-state index contributed by atoms with van der Waals surface area (Å²) in [6.07, 6.45) is -2.51. The van der Waals surface area contributed by atoms with E-state index < -0.39 is 88.8 Å². The van der Waals surface area contributed by atoms with Crippen molar-refractivity contribution in [2.45, 2.75) is 49.2 Å². The third-order valence-electron chi connectivity index (χ3n) is 16.0. The van der Waals surface area contributed by atoms with Crippen molar-refractivity contribution in [3.63, 3.8) is 0 Å². The van der Waals surface area contributed by atoms with Crippen molar-refractivity contribution >= 4 is 47.2 Å². The topological polar surface area (TPSA) is 243 Å². The first kappa shape index (κ1) is 56.3. The Morgan fingerprint density at radius 1 is 0.762 bits per heavy atom. The zero-order chi connectivity index (χ0) is 58.6. The lowest BCUT2D eigenvalue weighted by Gasteiger charge is -2.46. The molecule has 5 aliphatic heterocycles. The summed E-state index contributed by atoms with van der Waals surface area (Å²) in [5.41, 5.74) is 0.996. The van der Waals surface area contributed by atoms with Crippen LogP contribution in [0.1, 0.15) is 63.6 Å². The number of benzene rings is 6. The van der Waals surface area contributed by atoms with E-state index in [-0.39, 0.29) is 62.0 Å². The number of imide groups is 1. The number of amides is 3. The number of aliphatic hydroxyl groups is 1. The number of nitro benzene ring substituents is 1. The molecule has 0 aromatic heterocycles. The molecule has 3 fully saturated rings. The van der Waals surface area contributed by atoms with Crippen LogP contribution in [-0.4, -0.2) is 127 Å². The number of morpholine rings is 1. The quantitative estimate of drug-likeness (QED) is 0.0279. The minimum absolute atomic E-state index is 0.00424. The molecule has 11 rings (SSSR count). The van der Waals surface area contributed by atoms with E-state index in [1.165, 1.54) is 36.4 Å². The molecule has 1 spiro atoms. The molecule has 21 heteroatoms. The Hall–Kier alpha value is -9.62. The number of hydrogen-bond acceptors (Lipinski definition) is 18. The summed E-state index contributed by atoms with van der Waals surface area (Å²) in [7, 11) is 2.26. The van der Waals surface area contributed by atoms with Crippen molar-refractivity contribution in [3.05, 3.63) is 195 Å². The number of nitrogens with zero attached hydrogens (tertiary/aromatic N) is 5. The van der Waals surface area contributed by atoms with Gasteiger partial charge in [0.05, 0.1) is 49.4 Å². The summed E-state index contributed by atoms with van der Waals surface area (Å²) in [6, 6.07) is 37.2. The van der Waals surface area contributed by atoms with E-state index in [0.717, 1.165) is 24.7 Å². The van der Waals surface area contributed by atoms with Gasteiger partial charge in [0.25, 0.3) is 5.69 Å². The number of aliphatic hydroxyl groups excluding tert-OH is 1. The first-order chi connectivity index (χ1) is 40.8. The van der Waals surface area contributed by atoms with Crippen molar-refractivity contribution in [3.8, 4) is 29.1 Å². The molecule has 6 aromatic carbocycles. The Morgan fingerprint density at radius 2 is 1.43 bits per heavy atom. The highest BCUT2D eigenvalue weighted by Gasteiger charge is 2.76. The predicted molar refractivity (Wildman–Crippen MR) is 298 cm³/mol. The summed E-state index contributed by atoms with van der Waals surface area (Å²) < 4.78 is 39.4. The van der Waals surface area contributed by atoms with E-state index in [0.29, 0.717) is 59.1 Å². The zero-order valence-corrected chi connectivity index (χ0v) is 45.7. The van der Waals surface area contributed by atoms with Crippen molar-refractivity contribution in [2.24, 2.45) is 11.8 Å². The molecule has 5 aliphatic rings. The van der Waals surface area contributed by atoms with E-state index in [4.69, 9.17) is 33.2 Å². The molecular formula is C63H57N5O16. The van der Waals surface area contributed by atoms with Gasteiger partial charge in [0, 0.05) is 56.8 Å². The van der Waals surface area contributed by atoms with Crippen LogP contribution < -0.4 is 19.1 Å². The summed E-state index contributed by atoms with van der Waals surface area (Å²) in [6.45, 7) is 1.02. The van der Waals surface area contributed by atoms with Crippen LogP contribution >= 0.6 is 0 Å². The Labute approximate surface area is 482 Å². The number of rotatable bonds is 15. The number of hydrogen-bond donors (Lipinski definition) is 1. The van der Waals surface area contributed by atoms with Gasteiger partial charge in [-0.2, -0.15) is 0 Å². The first-order valence-corrected chi connectivity index (χ1v) is 27.2.